The van der Waals surface area contributed by atoms with E-state index in [0.717, 1.165) is 0 Å². The predicted molar refractivity (Wildman–Crippen MR) is 63.5 cm³/mol. The quantitative estimate of drug-likeness (QED) is 0.411. The Kier molecular flexibility index (Phi) is 171. The Labute approximate surface area is 79.0 Å². The second-order valence-corrected chi connectivity index (χ2v) is 0.856. The van der Waals surface area contributed by atoms with Gasteiger partial charge in [0.15, 0.2) is 0 Å². The van der Waals surface area contributed by atoms with Crippen LogP contribution in [0.4, 0.5) is 0 Å². The van der Waals surface area contributed by atoms with E-state index < -0.39 is 0 Å². The number of rotatable bonds is 2. The summed E-state index contributed by atoms with van der Waals surface area (Å²) in [5.41, 5.74) is 0. The summed E-state index contributed by atoms with van der Waals surface area (Å²) >= 11 is 0. The fourth-order valence-electron chi connectivity index (χ4n) is 0.157. The summed E-state index contributed by atoms with van der Waals surface area (Å²) in [6.45, 7) is 20.9. The van der Waals surface area contributed by atoms with Gasteiger partial charge in [-0.05, 0) is 0 Å². The van der Waals surface area contributed by atoms with Gasteiger partial charge in [0.2, 0.25) is 0 Å². The van der Waals surface area contributed by atoms with E-state index in [2.05, 4.69) is 26.3 Å². The van der Waals surface area contributed by atoms with Gasteiger partial charge in [0.25, 0.3) is 0 Å². The van der Waals surface area contributed by atoms with Crippen molar-refractivity contribution in [2.75, 3.05) is 0 Å². The molecular formula is C12H24. The lowest BCUT2D eigenvalue weighted by Gasteiger charge is -1.60. The monoisotopic (exact) mass is 168 g/mol. The van der Waals surface area contributed by atoms with Crippen molar-refractivity contribution in [3.63, 3.8) is 0 Å². The lowest BCUT2D eigenvalue weighted by molar-refractivity contribution is 1.50. The zero-order valence-corrected chi connectivity index (χ0v) is 9.14. The van der Waals surface area contributed by atoms with Crippen molar-refractivity contribution < 1.29 is 0 Å². The SMILES string of the molecule is C=C.C=C/C=C\C=C.CC.CC. The normalized spacial score (nSPS) is 5.67. The van der Waals surface area contributed by atoms with Gasteiger partial charge >= 0.3 is 0 Å². The molecular weight excluding hydrogens is 144 g/mol. The predicted octanol–water partition coefficient (Wildman–Crippen LogP) is 4.77. The third-order valence-electron chi connectivity index (χ3n) is 0.383. The van der Waals surface area contributed by atoms with Gasteiger partial charge in [-0.3, -0.25) is 0 Å². The molecule has 0 aliphatic rings. The maximum Gasteiger partial charge on any atom is -0.0629 e. The van der Waals surface area contributed by atoms with Crippen LogP contribution in [0.5, 0.6) is 0 Å². The highest BCUT2D eigenvalue weighted by molar-refractivity contribution is 5.05. The Bertz CT molecular complexity index is 68.0. The third kappa shape index (κ3) is 148. The van der Waals surface area contributed by atoms with Gasteiger partial charge in [0.05, 0.1) is 0 Å². The first-order valence-electron chi connectivity index (χ1n) is 4.32. The summed E-state index contributed by atoms with van der Waals surface area (Å²) in [5.74, 6) is 0. The molecule has 12 heavy (non-hydrogen) atoms. The second-order valence-electron chi connectivity index (χ2n) is 0.856. The summed E-state index contributed by atoms with van der Waals surface area (Å²) in [6, 6.07) is 0. The maximum atomic E-state index is 3.46. The molecule has 0 spiro atoms. The van der Waals surface area contributed by atoms with Crippen LogP contribution in [0.3, 0.4) is 0 Å². The smallest absolute Gasteiger partial charge is 0.0629 e. The first-order valence-corrected chi connectivity index (χ1v) is 4.32. The molecule has 0 saturated carbocycles. The van der Waals surface area contributed by atoms with E-state index in [4.69, 9.17) is 0 Å². The van der Waals surface area contributed by atoms with Crippen LogP contribution in [0.2, 0.25) is 0 Å². The van der Waals surface area contributed by atoms with Gasteiger partial charge in [-0.2, -0.15) is 0 Å². The molecule has 0 bridgehead atoms. The zero-order chi connectivity index (χ0) is 10.8. The number of hydrogen-bond donors (Lipinski definition) is 0. The van der Waals surface area contributed by atoms with Crippen molar-refractivity contribution in [3.8, 4) is 0 Å². The second kappa shape index (κ2) is 91.3. The van der Waals surface area contributed by atoms with Gasteiger partial charge in [-0.1, -0.05) is 65.2 Å². The molecule has 0 N–H and O–H groups in total. The molecule has 0 saturated heterocycles. The highest BCUT2D eigenvalue weighted by Crippen LogP contribution is 1.69. The van der Waals surface area contributed by atoms with Crippen LogP contribution < -0.4 is 0 Å². The molecule has 0 unspecified atom stereocenters. The Morgan fingerprint density at radius 1 is 0.667 bits per heavy atom. The Morgan fingerprint density at radius 2 is 0.833 bits per heavy atom. The van der Waals surface area contributed by atoms with E-state index in [1.807, 2.05) is 39.8 Å². The van der Waals surface area contributed by atoms with Crippen molar-refractivity contribution in [2.24, 2.45) is 0 Å². The Hall–Kier alpha value is -1.04. The fraction of sp³-hybridized carbons (Fsp3) is 0.333. The van der Waals surface area contributed by atoms with Gasteiger partial charge < -0.3 is 0 Å². The highest BCUT2D eigenvalue weighted by atomic mass is 13.5. The van der Waals surface area contributed by atoms with E-state index >= 15 is 0 Å². The average molecular weight is 168 g/mol. The minimum absolute atomic E-state index is 1.71. The van der Waals surface area contributed by atoms with Crippen molar-refractivity contribution >= 4 is 0 Å². The van der Waals surface area contributed by atoms with E-state index in [9.17, 15) is 0 Å². The van der Waals surface area contributed by atoms with Crippen LogP contribution in [-0.4, -0.2) is 0 Å². The molecule has 0 aromatic heterocycles. The van der Waals surface area contributed by atoms with Crippen molar-refractivity contribution in [1.29, 1.82) is 0 Å². The summed E-state index contributed by atoms with van der Waals surface area (Å²) in [6.07, 6.45) is 7.07. The summed E-state index contributed by atoms with van der Waals surface area (Å²) < 4.78 is 0. The number of hydrogen-bond acceptors (Lipinski definition) is 0. The molecule has 0 aliphatic heterocycles. The first-order chi connectivity index (χ1) is 5.91. The minimum atomic E-state index is 1.71. The fourth-order valence-corrected chi connectivity index (χ4v) is 0.157. The van der Waals surface area contributed by atoms with E-state index in [0.29, 0.717) is 0 Å². The zero-order valence-electron chi connectivity index (χ0n) is 9.14. The molecule has 0 aliphatic carbocycles. The molecule has 0 atom stereocenters. The van der Waals surface area contributed by atoms with Gasteiger partial charge in [-0.25, -0.2) is 0 Å². The molecule has 0 heterocycles. The summed E-state index contributed by atoms with van der Waals surface area (Å²) in [4.78, 5) is 0. The van der Waals surface area contributed by atoms with E-state index in [1.165, 1.54) is 0 Å². The molecule has 0 heteroatoms. The van der Waals surface area contributed by atoms with Crippen LogP contribution in [0.15, 0.2) is 50.6 Å². The highest BCUT2D eigenvalue weighted by Gasteiger charge is 1.47. The van der Waals surface area contributed by atoms with Crippen LogP contribution >= 0.6 is 0 Å². The molecule has 0 fully saturated rings. The van der Waals surface area contributed by atoms with E-state index in [1.54, 1.807) is 12.2 Å². The van der Waals surface area contributed by atoms with Crippen LogP contribution in [0.1, 0.15) is 27.7 Å². The van der Waals surface area contributed by atoms with Crippen LogP contribution in [0, 0.1) is 0 Å². The molecule has 72 valence electrons. The molecule has 0 radical (unpaired) electrons. The number of allylic oxidation sites excluding steroid dienone is 4. The largest absolute Gasteiger partial charge is 0.106 e. The van der Waals surface area contributed by atoms with Gasteiger partial charge in [0.1, 0.15) is 0 Å². The third-order valence-corrected chi connectivity index (χ3v) is 0.383. The van der Waals surface area contributed by atoms with Gasteiger partial charge in [-0.15, -0.1) is 13.2 Å². The average Bonchev–Trinajstić information content (AvgIpc) is 2.24. The van der Waals surface area contributed by atoms with Crippen LogP contribution in [0.25, 0.3) is 0 Å². The van der Waals surface area contributed by atoms with Crippen molar-refractivity contribution in [2.45, 2.75) is 27.7 Å². The molecule has 0 rings (SSSR count). The first kappa shape index (κ1) is 22.4. The summed E-state index contributed by atoms with van der Waals surface area (Å²) in [5, 5.41) is 0. The maximum absolute atomic E-state index is 3.46. The lowest BCUT2D eigenvalue weighted by atomic mass is 10.5. The lowest BCUT2D eigenvalue weighted by Crippen LogP contribution is -1.38. The molecule has 0 nitrogen and oxygen atoms in total. The minimum Gasteiger partial charge on any atom is -0.106 e. The summed E-state index contributed by atoms with van der Waals surface area (Å²) in [7, 11) is 0. The molecule has 0 aromatic rings. The van der Waals surface area contributed by atoms with Crippen molar-refractivity contribution in [1.82, 2.24) is 0 Å². The van der Waals surface area contributed by atoms with Crippen molar-refractivity contribution in [3.05, 3.63) is 50.6 Å². The van der Waals surface area contributed by atoms with E-state index in [-0.39, 0.29) is 0 Å². The topological polar surface area (TPSA) is 0 Å². The molecule has 0 aromatic carbocycles. The van der Waals surface area contributed by atoms with Crippen LogP contribution in [-0.2, 0) is 0 Å². The van der Waals surface area contributed by atoms with Gasteiger partial charge in [0, 0.05) is 0 Å². The Morgan fingerprint density at radius 3 is 0.917 bits per heavy atom. The molecule has 0 amide bonds. The Balaban J connectivity index is -0.0000000453. The standard InChI is InChI=1S/C6H8.2C2H6.C2H4/c1-3-5-6-4-2;3*1-2/h3-6H,1-2H2;2*1-2H3;1-2H2/b6-5-;;;.